The number of carbonyl (C=O) groups is 2. The molecule has 0 heterocycles. The molecule has 0 spiro atoms. The number of carboxylic acid groups (broad SMARTS) is 2. The van der Waals surface area contributed by atoms with Crippen LogP contribution >= 0.6 is 11.6 Å². The second-order valence-electron chi connectivity index (χ2n) is 5.20. The lowest BCUT2D eigenvalue weighted by atomic mass is 10.2. The number of imide groups is 1. The number of halogens is 1. The lowest BCUT2D eigenvalue weighted by Gasteiger charge is -2.18. The third kappa shape index (κ3) is 4.62. The normalized spacial score (nSPS) is 13.1. The van der Waals surface area contributed by atoms with E-state index in [0.29, 0.717) is 0 Å². The van der Waals surface area contributed by atoms with Gasteiger partial charge in [0, 0.05) is 10.6 Å². The van der Waals surface area contributed by atoms with Crippen LogP contribution in [0.25, 0.3) is 0 Å². The summed E-state index contributed by atoms with van der Waals surface area (Å²) < 4.78 is 15.2. The highest BCUT2D eigenvalue weighted by Gasteiger charge is 2.26. The van der Waals surface area contributed by atoms with E-state index in [1.165, 1.54) is 24.4 Å². The van der Waals surface area contributed by atoms with Gasteiger partial charge in [-0.25, -0.2) is 9.59 Å². The predicted octanol–water partition coefficient (Wildman–Crippen LogP) is 3.38. The maximum atomic E-state index is 11.9. The Morgan fingerprint density at radius 2 is 1.86 bits per heavy atom. The maximum absolute atomic E-state index is 11.9. The van der Waals surface area contributed by atoms with E-state index in [9.17, 15) is 14.1 Å². The zero-order chi connectivity index (χ0) is 17.1. The summed E-state index contributed by atoms with van der Waals surface area (Å²) in [6, 6.07) is 3.84. The molecule has 2 N–H and O–H groups in total. The van der Waals surface area contributed by atoms with E-state index in [2.05, 4.69) is 4.40 Å². The van der Waals surface area contributed by atoms with Gasteiger partial charge in [0.15, 0.2) is 0 Å². The van der Waals surface area contributed by atoms with Crippen LogP contribution in [-0.2, 0) is 11.4 Å². The standard InChI is InChI=1S/C13H15ClN2O5S/c1-13(2,3)22(21)15-7-8-6-9(4-5-10(8)14)16(11(17)18)12(19)20/h4-7H,1-3H3,(H,17,18)(H,19,20). The fourth-order valence-corrected chi connectivity index (χ4v) is 2.03. The van der Waals surface area contributed by atoms with Crippen LogP contribution in [0.1, 0.15) is 26.3 Å². The number of nitrogens with zero attached hydrogens (tertiary/aromatic N) is 2. The maximum Gasteiger partial charge on any atom is 0.421 e. The molecule has 1 aromatic rings. The number of anilines is 1. The SMILES string of the molecule is CC(C)(C)[S+]([O-])N=Cc1cc(N(C(=O)O)C(=O)O)ccc1Cl. The molecule has 0 fully saturated rings. The van der Waals surface area contributed by atoms with Crippen LogP contribution in [0.4, 0.5) is 15.3 Å². The summed E-state index contributed by atoms with van der Waals surface area (Å²) in [5.74, 6) is 0. The summed E-state index contributed by atoms with van der Waals surface area (Å²) in [6.45, 7) is 5.24. The van der Waals surface area contributed by atoms with Gasteiger partial charge in [0.2, 0.25) is 0 Å². The molecule has 9 heteroatoms. The largest absolute Gasteiger partial charge is 0.591 e. The van der Waals surface area contributed by atoms with Crippen molar-refractivity contribution in [1.29, 1.82) is 0 Å². The molecule has 0 aromatic heterocycles. The van der Waals surface area contributed by atoms with Crippen LogP contribution in [-0.4, -0.2) is 37.9 Å². The molecule has 7 nitrogen and oxygen atoms in total. The third-order valence-corrected chi connectivity index (χ3v) is 4.12. The lowest BCUT2D eigenvalue weighted by Crippen LogP contribution is -2.34. The number of hydrogen-bond acceptors (Lipinski definition) is 4. The van der Waals surface area contributed by atoms with E-state index in [1.807, 2.05) is 0 Å². The molecular formula is C13H15ClN2O5S. The molecule has 0 aliphatic carbocycles. The smallest absolute Gasteiger partial charge is 0.421 e. The topological polar surface area (TPSA) is 113 Å². The van der Waals surface area contributed by atoms with Crippen LogP contribution in [0.5, 0.6) is 0 Å². The Hall–Kier alpha value is -1.77. The monoisotopic (exact) mass is 346 g/mol. The number of amides is 2. The first-order valence-electron chi connectivity index (χ1n) is 6.05. The molecule has 0 bridgehead atoms. The Labute approximate surface area is 135 Å². The van der Waals surface area contributed by atoms with Gasteiger partial charge in [-0.15, -0.1) is 0 Å². The van der Waals surface area contributed by atoms with Gasteiger partial charge in [-0.1, -0.05) is 16.0 Å². The molecule has 1 aromatic carbocycles. The van der Waals surface area contributed by atoms with Gasteiger partial charge in [-0.3, -0.25) is 0 Å². The van der Waals surface area contributed by atoms with Gasteiger partial charge in [0.25, 0.3) is 0 Å². The molecule has 1 atom stereocenters. The van der Waals surface area contributed by atoms with Crippen LogP contribution in [0.15, 0.2) is 22.6 Å². The third-order valence-electron chi connectivity index (χ3n) is 2.43. The summed E-state index contributed by atoms with van der Waals surface area (Å²) >= 11 is 4.44. The van der Waals surface area contributed by atoms with Crippen molar-refractivity contribution in [1.82, 2.24) is 0 Å². The summed E-state index contributed by atoms with van der Waals surface area (Å²) in [6.07, 6.45) is -2.05. The van der Waals surface area contributed by atoms with Gasteiger partial charge in [0.1, 0.15) is 16.1 Å². The van der Waals surface area contributed by atoms with E-state index in [-0.39, 0.29) is 21.2 Å². The highest BCUT2D eigenvalue weighted by atomic mass is 35.5. The zero-order valence-corrected chi connectivity index (χ0v) is 13.7. The van der Waals surface area contributed by atoms with Crippen molar-refractivity contribution in [2.75, 3.05) is 4.90 Å². The van der Waals surface area contributed by atoms with Crippen molar-refractivity contribution >= 4 is 47.1 Å². The minimum Gasteiger partial charge on any atom is -0.591 e. The lowest BCUT2D eigenvalue weighted by molar-refractivity contribution is 0.184. The van der Waals surface area contributed by atoms with Crippen LogP contribution < -0.4 is 4.90 Å². The molecule has 0 aliphatic heterocycles. The first kappa shape index (κ1) is 18.3. The fraction of sp³-hybridized carbons (Fsp3) is 0.308. The van der Waals surface area contributed by atoms with Crippen LogP contribution in [0, 0.1) is 0 Å². The Bertz CT molecular complexity index is 601. The Morgan fingerprint density at radius 1 is 1.32 bits per heavy atom. The van der Waals surface area contributed by atoms with Crippen molar-refractivity contribution in [3.8, 4) is 0 Å². The van der Waals surface area contributed by atoms with E-state index in [1.54, 1.807) is 20.8 Å². The minimum absolute atomic E-state index is 0.104. The van der Waals surface area contributed by atoms with E-state index < -0.39 is 28.3 Å². The average molecular weight is 347 g/mol. The summed E-state index contributed by atoms with van der Waals surface area (Å²) in [5.41, 5.74) is 0.164. The Kier molecular flexibility index (Phi) is 5.81. The van der Waals surface area contributed by atoms with Gasteiger partial charge in [-0.05, 0) is 39.0 Å². The first-order valence-corrected chi connectivity index (χ1v) is 7.54. The second kappa shape index (κ2) is 6.99. The van der Waals surface area contributed by atoms with Crippen molar-refractivity contribution in [3.05, 3.63) is 28.8 Å². The number of rotatable bonds is 3. The Balaban J connectivity index is 3.18. The molecule has 2 amide bonds. The summed E-state index contributed by atoms with van der Waals surface area (Å²) in [5, 5.41) is 18.1. The van der Waals surface area contributed by atoms with E-state index in [0.717, 1.165) is 0 Å². The Morgan fingerprint density at radius 3 is 2.32 bits per heavy atom. The number of benzene rings is 1. The van der Waals surface area contributed by atoms with E-state index in [4.69, 9.17) is 21.8 Å². The molecule has 1 unspecified atom stereocenters. The molecular weight excluding hydrogens is 332 g/mol. The van der Waals surface area contributed by atoms with Gasteiger partial charge >= 0.3 is 12.2 Å². The van der Waals surface area contributed by atoms with Crippen molar-refractivity contribution < 1.29 is 24.4 Å². The molecule has 0 aliphatic rings. The first-order chi connectivity index (χ1) is 10.0. The number of hydrogen-bond donors (Lipinski definition) is 2. The minimum atomic E-state index is -1.64. The molecule has 0 radical (unpaired) electrons. The van der Waals surface area contributed by atoms with Gasteiger partial charge < -0.3 is 14.8 Å². The quantitative estimate of drug-likeness (QED) is 0.643. The average Bonchev–Trinajstić information content (AvgIpc) is 2.36. The van der Waals surface area contributed by atoms with Crippen molar-refractivity contribution in [2.24, 2.45) is 4.40 Å². The van der Waals surface area contributed by atoms with Crippen LogP contribution in [0.3, 0.4) is 0 Å². The molecule has 1 rings (SSSR count). The second-order valence-corrected chi connectivity index (χ2v) is 7.54. The highest BCUT2D eigenvalue weighted by Crippen LogP contribution is 2.24. The van der Waals surface area contributed by atoms with Crippen molar-refractivity contribution in [2.45, 2.75) is 25.5 Å². The highest BCUT2D eigenvalue weighted by molar-refractivity contribution is 7.91. The fourth-order valence-electron chi connectivity index (χ4n) is 1.33. The van der Waals surface area contributed by atoms with Crippen molar-refractivity contribution in [3.63, 3.8) is 0 Å². The summed E-state index contributed by atoms with van der Waals surface area (Å²) in [4.78, 5) is 22.1. The molecule has 0 saturated heterocycles. The van der Waals surface area contributed by atoms with Crippen LogP contribution in [0.2, 0.25) is 5.02 Å². The predicted molar refractivity (Wildman–Crippen MR) is 85.5 cm³/mol. The van der Waals surface area contributed by atoms with Gasteiger partial charge in [0.05, 0.1) is 11.9 Å². The van der Waals surface area contributed by atoms with E-state index >= 15 is 0 Å². The zero-order valence-electron chi connectivity index (χ0n) is 12.1. The molecule has 0 saturated carbocycles. The summed E-state index contributed by atoms with van der Waals surface area (Å²) in [7, 11) is 0. The molecule has 22 heavy (non-hydrogen) atoms. The van der Waals surface area contributed by atoms with Gasteiger partial charge in [-0.2, -0.15) is 4.90 Å². The molecule has 120 valence electrons.